The van der Waals surface area contributed by atoms with Crippen LogP contribution in [-0.2, 0) is 9.59 Å². The van der Waals surface area contributed by atoms with Crippen molar-refractivity contribution in [3.8, 4) is 0 Å². The van der Waals surface area contributed by atoms with Gasteiger partial charge in [0.1, 0.15) is 11.9 Å². The van der Waals surface area contributed by atoms with E-state index >= 15 is 0 Å². The zero-order valence-corrected chi connectivity index (χ0v) is 6.79. The maximum atomic E-state index is 12.4. The quantitative estimate of drug-likeness (QED) is 0.572. The van der Waals surface area contributed by atoms with Crippen LogP contribution in [0.15, 0.2) is 5.10 Å². The number of rotatable bonds is 1. The van der Waals surface area contributed by atoms with E-state index in [9.17, 15) is 14.0 Å². The van der Waals surface area contributed by atoms with Crippen LogP contribution in [0.25, 0.3) is 0 Å². The summed E-state index contributed by atoms with van der Waals surface area (Å²) in [4.78, 5) is 23.4. The Hall–Kier alpha value is -1.46. The number of carbonyl (C=O) groups excluding carboxylic acids is 2. The van der Waals surface area contributed by atoms with E-state index in [2.05, 4.69) is 10.5 Å². The van der Waals surface area contributed by atoms with Gasteiger partial charge in [-0.1, -0.05) is 0 Å². The third-order valence-electron chi connectivity index (χ3n) is 2.01. The Balaban J connectivity index is 1.95. The van der Waals surface area contributed by atoms with Crippen molar-refractivity contribution in [1.82, 2.24) is 10.3 Å². The van der Waals surface area contributed by atoms with E-state index in [1.807, 2.05) is 0 Å². The highest BCUT2D eigenvalue weighted by molar-refractivity contribution is 6.43. The van der Waals surface area contributed by atoms with Crippen LogP contribution in [0.5, 0.6) is 0 Å². The maximum absolute atomic E-state index is 12.4. The van der Waals surface area contributed by atoms with Gasteiger partial charge in [-0.15, -0.1) is 0 Å². The van der Waals surface area contributed by atoms with Gasteiger partial charge in [0, 0.05) is 0 Å². The number of amides is 2. The Morgan fingerprint density at radius 3 is 2.77 bits per heavy atom. The molecular formula is C7H8FN3O2. The minimum absolute atomic E-state index is 0.00624. The Kier molecular flexibility index (Phi) is 1.75. The van der Waals surface area contributed by atoms with Gasteiger partial charge in [0.05, 0.1) is 19.5 Å². The lowest BCUT2D eigenvalue weighted by Gasteiger charge is -2.33. The highest BCUT2D eigenvalue weighted by Crippen LogP contribution is 2.13. The third-order valence-corrected chi connectivity index (χ3v) is 2.01. The van der Waals surface area contributed by atoms with Crippen LogP contribution in [-0.4, -0.2) is 41.7 Å². The molecule has 5 nitrogen and oxygen atoms in total. The lowest BCUT2D eigenvalue weighted by molar-refractivity contribution is -0.131. The monoisotopic (exact) mass is 185 g/mol. The highest BCUT2D eigenvalue weighted by Gasteiger charge is 2.34. The average molecular weight is 185 g/mol. The average Bonchev–Trinajstić information content (AvgIpc) is 2.45. The van der Waals surface area contributed by atoms with Crippen molar-refractivity contribution in [2.24, 2.45) is 5.10 Å². The van der Waals surface area contributed by atoms with Gasteiger partial charge in [0.15, 0.2) is 0 Å². The molecule has 2 rings (SSSR count). The standard InChI is InChI=1S/C7H8FN3O2/c8-4-2-11(3-4)7(13)5-1-6(12)10-9-5/h4H,1-3H2,(H,10,12). The second kappa shape index (κ2) is 2.79. The molecule has 0 atom stereocenters. The summed E-state index contributed by atoms with van der Waals surface area (Å²) < 4.78 is 12.4. The fraction of sp³-hybridized carbons (Fsp3) is 0.571. The highest BCUT2D eigenvalue weighted by atomic mass is 19.1. The molecule has 0 aromatic carbocycles. The van der Waals surface area contributed by atoms with E-state index in [0.29, 0.717) is 0 Å². The number of nitrogens with one attached hydrogen (secondary N) is 1. The fourth-order valence-electron chi connectivity index (χ4n) is 1.26. The minimum atomic E-state index is -0.922. The van der Waals surface area contributed by atoms with E-state index in [0.717, 1.165) is 0 Å². The number of alkyl halides is 1. The van der Waals surface area contributed by atoms with Crippen LogP contribution in [0.2, 0.25) is 0 Å². The molecule has 13 heavy (non-hydrogen) atoms. The summed E-state index contributed by atoms with van der Waals surface area (Å²) in [5.74, 6) is -0.632. The number of carbonyl (C=O) groups is 2. The molecule has 0 aromatic heterocycles. The van der Waals surface area contributed by atoms with E-state index < -0.39 is 6.17 Å². The third kappa shape index (κ3) is 1.39. The summed E-state index contributed by atoms with van der Waals surface area (Å²) in [5.41, 5.74) is 2.35. The van der Waals surface area contributed by atoms with Gasteiger partial charge < -0.3 is 4.90 Å². The summed E-state index contributed by atoms with van der Waals surface area (Å²) in [6, 6.07) is 0. The first-order chi connectivity index (χ1) is 6.16. The minimum Gasteiger partial charge on any atom is -0.332 e. The Morgan fingerprint density at radius 2 is 2.31 bits per heavy atom. The topological polar surface area (TPSA) is 61.8 Å². The number of hydrogen-bond acceptors (Lipinski definition) is 3. The molecule has 2 amide bonds. The van der Waals surface area contributed by atoms with Crippen LogP contribution in [0.4, 0.5) is 4.39 Å². The second-order valence-electron chi connectivity index (χ2n) is 3.08. The van der Waals surface area contributed by atoms with Crippen LogP contribution in [0, 0.1) is 0 Å². The van der Waals surface area contributed by atoms with Crippen molar-refractivity contribution < 1.29 is 14.0 Å². The molecule has 70 valence electrons. The predicted molar refractivity (Wildman–Crippen MR) is 41.7 cm³/mol. The first kappa shape index (κ1) is 8.15. The molecule has 0 aliphatic carbocycles. The summed E-state index contributed by atoms with van der Waals surface area (Å²) in [6.45, 7) is 0.234. The van der Waals surface area contributed by atoms with Gasteiger partial charge in [0.2, 0.25) is 5.91 Å². The van der Waals surface area contributed by atoms with Gasteiger partial charge in [0.25, 0.3) is 5.91 Å². The molecule has 1 fully saturated rings. The Bertz CT molecular complexity index is 296. The molecular weight excluding hydrogens is 177 g/mol. The van der Waals surface area contributed by atoms with Crippen molar-refractivity contribution in [2.45, 2.75) is 12.6 Å². The lowest BCUT2D eigenvalue weighted by atomic mass is 10.1. The van der Waals surface area contributed by atoms with E-state index in [4.69, 9.17) is 0 Å². The number of hydrazone groups is 1. The van der Waals surface area contributed by atoms with Gasteiger partial charge in [-0.25, -0.2) is 9.82 Å². The van der Waals surface area contributed by atoms with Crippen molar-refractivity contribution in [3.63, 3.8) is 0 Å². The summed E-state index contributed by atoms with van der Waals surface area (Å²) in [6.07, 6.45) is -0.915. The zero-order chi connectivity index (χ0) is 9.42. The largest absolute Gasteiger partial charge is 0.332 e. The molecule has 1 saturated heterocycles. The van der Waals surface area contributed by atoms with E-state index in [1.54, 1.807) is 0 Å². The van der Waals surface area contributed by atoms with Crippen LogP contribution < -0.4 is 5.43 Å². The number of nitrogens with zero attached hydrogens (tertiary/aromatic N) is 2. The normalized spacial score (nSPS) is 22.4. The van der Waals surface area contributed by atoms with Crippen LogP contribution >= 0.6 is 0 Å². The molecule has 1 N–H and O–H groups in total. The lowest BCUT2D eigenvalue weighted by Crippen LogP contribution is -2.53. The van der Waals surface area contributed by atoms with Crippen molar-refractivity contribution in [2.75, 3.05) is 13.1 Å². The van der Waals surface area contributed by atoms with Crippen LogP contribution in [0.1, 0.15) is 6.42 Å². The molecule has 0 unspecified atom stereocenters. The Morgan fingerprint density at radius 1 is 1.62 bits per heavy atom. The van der Waals surface area contributed by atoms with Crippen molar-refractivity contribution in [1.29, 1.82) is 0 Å². The summed E-state index contributed by atoms with van der Waals surface area (Å²) >= 11 is 0. The molecule has 0 radical (unpaired) electrons. The number of likely N-dealkylation sites (tertiary alicyclic amines) is 1. The molecule has 0 spiro atoms. The first-order valence-corrected chi connectivity index (χ1v) is 3.95. The molecule has 2 aliphatic rings. The molecule has 2 heterocycles. The molecule has 0 bridgehead atoms. The van der Waals surface area contributed by atoms with E-state index in [-0.39, 0.29) is 37.0 Å². The van der Waals surface area contributed by atoms with Gasteiger partial charge in [-0.2, -0.15) is 5.10 Å². The number of halogens is 1. The second-order valence-corrected chi connectivity index (χ2v) is 3.08. The molecule has 0 aromatic rings. The number of hydrogen-bond donors (Lipinski definition) is 1. The van der Waals surface area contributed by atoms with Gasteiger partial charge in [-0.3, -0.25) is 9.59 Å². The van der Waals surface area contributed by atoms with E-state index in [1.165, 1.54) is 4.90 Å². The van der Waals surface area contributed by atoms with Crippen molar-refractivity contribution >= 4 is 17.5 Å². The SMILES string of the molecule is O=C1CC(C(=O)N2CC(F)C2)=NN1. The molecule has 2 aliphatic heterocycles. The van der Waals surface area contributed by atoms with Gasteiger partial charge in [-0.05, 0) is 0 Å². The smallest absolute Gasteiger partial charge is 0.270 e. The first-order valence-electron chi connectivity index (χ1n) is 3.95. The predicted octanol–water partition coefficient (Wildman–Crippen LogP) is -0.957. The van der Waals surface area contributed by atoms with Crippen LogP contribution in [0.3, 0.4) is 0 Å². The molecule has 0 saturated carbocycles. The molecule has 6 heteroatoms. The maximum Gasteiger partial charge on any atom is 0.270 e. The summed E-state index contributed by atoms with van der Waals surface area (Å²) in [5, 5.41) is 3.55. The zero-order valence-electron chi connectivity index (χ0n) is 6.79. The Labute approximate surface area is 73.6 Å². The fourth-order valence-corrected chi connectivity index (χ4v) is 1.26. The van der Waals surface area contributed by atoms with Crippen molar-refractivity contribution in [3.05, 3.63) is 0 Å². The van der Waals surface area contributed by atoms with Gasteiger partial charge >= 0.3 is 0 Å². The summed E-state index contributed by atoms with van der Waals surface area (Å²) in [7, 11) is 0.